The van der Waals surface area contributed by atoms with Gasteiger partial charge in [0.05, 0.1) is 5.69 Å². The van der Waals surface area contributed by atoms with Gasteiger partial charge in [-0.2, -0.15) is 0 Å². The van der Waals surface area contributed by atoms with Crippen LogP contribution in [0, 0.1) is 0 Å². The van der Waals surface area contributed by atoms with Gasteiger partial charge in [-0.05, 0) is 20.9 Å². The molecule has 1 atom stereocenters. The van der Waals surface area contributed by atoms with Crippen molar-refractivity contribution >= 4 is 22.4 Å². The lowest BCUT2D eigenvalue weighted by molar-refractivity contribution is -0.120. The molecule has 0 saturated carbocycles. The zero-order valence-corrected chi connectivity index (χ0v) is 10.6. The number of carbonyl (C=O) groups is 1. The number of hydrogen-bond acceptors (Lipinski definition) is 5. The van der Waals surface area contributed by atoms with E-state index in [4.69, 9.17) is 4.74 Å². The monoisotopic (exact) mass is 243 g/mol. The number of rotatable bonds is 6. The number of carbonyl (C=O) groups excluding carboxylic acids is 1. The molecule has 1 heterocycles. The van der Waals surface area contributed by atoms with Crippen molar-refractivity contribution in [2.24, 2.45) is 0 Å². The van der Waals surface area contributed by atoms with E-state index in [1.807, 2.05) is 26.3 Å². The molecule has 1 rings (SSSR count). The fourth-order valence-electron chi connectivity index (χ4n) is 1.04. The highest BCUT2D eigenvalue weighted by Crippen LogP contribution is 2.19. The van der Waals surface area contributed by atoms with E-state index < -0.39 is 0 Å². The predicted molar refractivity (Wildman–Crippen MR) is 64.7 cm³/mol. The second-order valence-electron chi connectivity index (χ2n) is 3.27. The molecule has 1 aromatic rings. The van der Waals surface area contributed by atoms with E-state index >= 15 is 0 Å². The molecule has 0 spiro atoms. The average Bonchev–Trinajstić information content (AvgIpc) is 2.73. The lowest BCUT2D eigenvalue weighted by Crippen LogP contribution is -2.18. The fourth-order valence-corrected chi connectivity index (χ4v) is 1.86. The fraction of sp³-hybridized carbons (Fsp3) is 0.600. The van der Waals surface area contributed by atoms with Crippen LogP contribution in [0.25, 0.3) is 0 Å². The van der Waals surface area contributed by atoms with Crippen LogP contribution in [0.2, 0.25) is 0 Å². The molecule has 90 valence electrons. The minimum absolute atomic E-state index is 0.0764. The molecule has 0 aliphatic carbocycles. The molecule has 1 aromatic heterocycles. The Morgan fingerprint density at radius 2 is 2.44 bits per heavy atom. The van der Waals surface area contributed by atoms with Crippen molar-refractivity contribution in [1.29, 1.82) is 0 Å². The summed E-state index contributed by atoms with van der Waals surface area (Å²) in [7, 11) is 1.87. The Bertz CT molecular complexity index is 341. The maximum absolute atomic E-state index is 11.3. The van der Waals surface area contributed by atoms with E-state index in [9.17, 15) is 4.79 Å². The van der Waals surface area contributed by atoms with Gasteiger partial charge in [0, 0.05) is 18.0 Å². The van der Waals surface area contributed by atoms with E-state index in [1.54, 1.807) is 0 Å². The third kappa shape index (κ3) is 3.88. The Morgan fingerprint density at radius 1 is 1.69 bits per heavy atom. The van der Waals surface area contributed by atoms with Crippen LogP contribution in [-0.4, -0.2) is 31.2 Å². The van der Waals surface area contributed by atoms with Crippen LogP contribution >= 0.6 is 11.3 Å². The maximum atomic E-state index is 11.3. The largest absolute Gasteiger partial charge is 0.372 e. The zero-order chi connectivity index (χ0) is 12.0. The first kappa shape index (κ1) is 13.1. The lowest BCUT2D eigenvalue weighted by atomic mass is 10.3. The van der Waals surface area contributed by atoms with Crippen molar-refractivity contribution in [3.8, 4) is 0 Å². The summed E-state index contributed by atoms with van der Waals surface area (Å²) in [4.78, 5) is 15.6. The minimum atomic E-state index is -0.167. The van der Waals surface area contributed by atoms with Crippen molar-refractivity contribution in [1.82, 2.24) is 10.3 Å². The van der Waals surface area contributed by atoms with Gasteiger partial charge in [-0.3, -0.25) is 10.1 Å². The molecule has 16 heavy (non-hydrogen) atoms. The number of thiazole rings is 1. The first-order chi connectivity index (χ1) is 7.67. The highest BCUT2D eigenvalue weighted by Gasteiger charge is 2.09. The van der Waals surface area contributed by atoms with Gasteiger partial charge in [-0.25, -0.2) is 4.98 Å². The van der Waals surface area contributed by atoms with E-state index in [1.165, 1.54) is 11.3 Å². The van der Waals surface area contributed by atoms with Crippen LogP contribution in [0.4, 0.5) is 5.13 Å². The number of nitrogens with one attached hydrogen (secondary N) is 2. The third-order valence-electron chi connectivity index (χ3n) is 2.08. The summed E-state index contributed by atoms with van der Waals surface area (Å²) in [6.45, 7) is 4.48. The normalized spacial score (nSPS) is 12.4. The van der Waals surface area contributed by atoms with E-state index in [2.05, 4.69) is 15.6 Å². The molecule has 0 fully saturated rings. The Kier molecular flexibility index (Phi) is 5.37. The third-order valence-corrected chi connectivity index (χ3v) is 2.86. The maximum Gasteiger partial charge on any atom is 0.252 e. The summed E-state index contributed by atoms with van der Waals surface area (Å²) in [5.41, 5.74) is 0.930. The Morgan fingerprint density at radius 3 is 3.06 bits per heavy atom. The predicted octanol–water partition coefficient (Wildman–Crippen LogP) is 1.40. The minimum Gasteiger partial charge on any atom is -0.372 e. The van der Waals surface area contributed by atoms with E-state index in [0.29, 0.717) is 11.7 Å². The molecule has 2 N–H and O–H groups in total. The van der Waals surface area contributed by atoms with Crippen LogP contribution in [0.3, 0.4) is 0 Å². The molecule has 1 amide bonds. The summed E-state index contributed by atoms with van der Waals surface area (Å²) in [5, 5.41) is 8.32. The van der Waals surface area contributed by atoms with Crippen molar-refractivity contribution in [2.45, 2.75) is 19.9 Å². The molecular formula is C10H17N3O2S. The molecule has 1 unspecified atom stereocenters. The van der Waals surface area contributed by atoms with E-state index in [0.717, 1.165) is 5.69 Å². The molecule has 0 aliphatic rings. The summed E-state index contributed by atoms with van der Waals surface area (Å²) in [6.07, 6.45) is 0. The highest BCUT2D eigenvalue weighted by molar-refractivity contribution is 7.13. The van der Waals surface area contributed by atoms with Crippen LogP contribution in [0.15, 0.2) is 5.38 Å². The molecule has 5 nitrogen and oxygen atoms in total. The second kappa shape index (κ2) is 6.57. The van der Waals surface area contributed by atoms with Crippen molar-refractivity contribution < 1.29 is 9.53 Å². The van der Waals surface area contributed by atoms with Gasteiger partial charge in [0.15, 0.2) is 5.13 Å². The molecular weight excluding hydrogens is 226 g/mol. The number of anilines is 1. The molecule has 0 saturated heterocycles. The topological polar surface area (TPSA) is 63.2 Å². The summed E-state index contributed by atoms with van der Waals surface area (Å²) >= 11 is 1.42. The van der Waals surface area contributed by atoms with Crippen LogP contribution in [-0.2, 0) is 9.53 Å². The molecule has 0 bridgehead atoms. The van der Waals surface area contributed by atoms with Crippen LogP contribution < -0.4 is 10.6 Å². The molecule has 6 heteroatoms. The Labute approximate surface area is 99.2 Å². The molecule has 0 aromatic carbocycles. The first-order valence-corrected chi connectivity index (χ1v) is 6.05. The standard InChI is InChI=1S/C10H17N3O2S/c1-4-15-5-9(14)13-10-12-8(6-16-10)7(2)11-3/h6-7,11H,4-5H2,1-3H3,(H,12,13,14). The Hall–Kier alpha value is -0.980. The van der Waals surface area contributed by atoms with E-state index in [-0.39, 0.29) is 18.6 Å². The van der Waals surface area contributed by atoms with Gasteiger partial charge in [0.25, 0.3) is 5.91 Å². The lowest BCUT2D eigenvalue weighted by Gasteiger charge is -2.05. The quantitative estimate of drug-likeness (QED) is 0.792. The number of amides is 1. The van der Waals surface area contributed by atoms with Gasteiger partial charge in [0.1, 0.15) is 6.61 Å². The van der Waals surface area contributed by atoms with Crippen LogP contribution in [0.5, 0.6) is 0 Å². The molecule has 0 radical (unpaired) electrons. The number of nitrogens with zero attached hydrogens (tertiary/aromatic N) is 1. The second-order valence-corrected chi connectivity index (χ2v) is 4.13. The average molecular weight is 243 g/mol. The van der Waals surface area contributed by atoms with Crippen molar-refractivity contribution in [3.63, 3.8) is 0 Å². The molecule has 0 aliphatic heterocycles. The number of ether oxygens (including phenoxy) is 1. The summed E-state index contributed by atoms with van der Waals surface area (Å²) in [6, 6.07) is 0.189. The summed E-state index contributed by atoms with van der Waals surface area (Å²) < 4.78 is 5.00. The van der Waals surface area contributed by atoms with Gasteiger partial charge in [0.2, 0.25) is 0 Å². The SMILES string of the molecule is CCOCC(=O)Nc1nc(C(C)NC)cs1. The number of hydrogen-bond donors (Lipinski definition) is 2. The number of aromatic nitrogens is 1. The van der Waals surface area contributed by atoms with Crippen LogP contribution in [0.1, 0.15) is 25.6 Å². The van der Waals surface area contributed by atoms with Gasteiger partial charge >= 0.3 is 0 Å². The van der Waals surface area contributed by atoms with Crippen molar-refractivity contribution in [3.05, 3.63) is 11.1 Å². The zero-order valence-electron chi connectivity index (χ0n) is 9.74. The van der Waals surface area contributed by atoms with Crippen molar-refractivity contribution in [2.75, 3.05) is 25.6 Å². The highest BCUT2D eigenvalue weighted by atomic mass is 32.1. The first-order valence-electron chi connectivity index (χ1n) is 5.17. The smallest absolute Gasteiger partial charge is 0.252 e. The Balaban J connectivity index is 2.48. The van der Waals surface area contributed by atoms with Gasteiger partial charge in [-0.1, -0.05) is 0 Å². The van der Waals surface area contributed by atoms with Gasteiger partial charge in [-0.15, -0.1) is 11.3 Å². The summed E-state index contributed by atoms with van der Waals surface area (Å²) in [5.74, 6) is -0.167. The van der Waals surface area contributed by atoms with Gasteiger partial charge < -0.3 is 10.1 Å².